The first-order chi connectivity index (χ1) is 8.17. The molecule has 1 aromatic carbocycles. The predicted molar refractivity (Wildman–Crippen MR) is 70.0 cm³/mol. The van der Waals surface area contributed by atoms with Crippen LogP contribution in [0.25, 0.3) is 0 Å². The van der Waals surface area contributed by atoms with Gasteiger partial charge in [-0.25, -0.2) is 0 Å². The summed E-state index contributed by atoms with van der Waals surface area (Å²) >= 11 is 0. The number of aryl methyl sites for hydroxylation is 1. The van der Waals surface area contributed by atoms with Crippen molar-refractivity contribution in [2.45, 2.75) is 25.9 Å². The van der Waals surface area contributed by atoms with Crippen LogP contribution in [0.3, 0.4) is 0 Å². The van der Waals surface area contributed by atoms with Crippen LogP contribution < -0.4 is 0 Å². The Morgan fingerprint density at radius 3 is 2.35 bits per heavy atom. The summed E-state index contributed by atoms with van der Waals surface area (Å²) in [7, 11) is 1.95. The van der Waals surface area contributed by atoms with Gasteiger partial charge >= 0.3 is 0 Å². The Labute approximate surface area is 104 Å². The molecule has 17 heavy (non-hydrogen) atoms. The molecule has 0 radical (unpaired) electrons. The van der Waals surface area contributed by atoms with E-state index in [-0.39, 0.29) is 6.61 Å². The van der Waals surface area contributed by atoms with E-state index in [1.54, 1.807) is 0 Å². The maximum atomic E-state index is 10.0. The first kappa shape index (κ1) is 14.2. The molecule has 3 heteroatoms. The maximum Gasteiger partial charge on any atom is 0.0802 e. The molecule has 0 bridgehead atoms. The minimum atomic E-state index is -0.415. The zero-order valence-electron chi connectivity index (χ0n) is 10.8. The number of nitrogens with zero attached hydrogens (tertiary/aromatic N) is 1. The molecule has 0 aromatic heterocycles. The molecular weight excluding hydrogens is 214 g/mol. The molecule has 0 aliphatic rings. The van der Waals surface area contributed by atoms with Crippen molar-refractivity contribution in [2.24, 2.45) is 0 Å². The summed E-state index contributed by atoms with van der Waals surface area (Å²) in [6, 6.07) is 8.12. The van der Waals surface area contributed by atoms with Crippen molar-refractivity contribution < 1.29 is 10.2 Å². The third kappa shape index (κ3) is 4.86. The van der Waals surface area contributed by atoms with Gasteiger partial charge in [-0.3, -0.25) is 0 Å². The molecule has 0 fully saturated rings. The lowest BCUT2D eigenvalue weighted by Crippen LogP contribution is -2.24. The van der Waals surface area contributed by atoms with E-state index in [1.165, 1.54) is 5.56 Å². The minimum absolute atomic E-state index is 0.164. The van der Waals surface area contributed by atoms with Crippen LogP contribution in [0.15, 0.2) is 24.3 Å². The predicted octanol–water partition coefficient (Wildman–Crippen LogP) is 1.60. The lowest BCUT2D eigenvalue weighted by Gasteiger charge is -2.18. The summed E-state index contributed by atoms with van der Waals surface area (Å²) in [6.07, 6.45) is 1.31. The number of rotatable bonds is 7. The standard InChI is InChI=1S/C14H23NO2/c1-3-12-4-6-13(7-5-12)14(17)8-9-15(2)10-11-16/h4-7,14,16-17H,3,8-11H2,1-2H3. The molecule has 3 nitrogen and oxygen atoms in total. The average Bonchev–Trinajstić information content (AvgIpc) is 2.36. The Hall–Kier alpha value is -0.900. The van der Waals surface area contributed by atoms with Gasteiger partial charge in [-0.05, 0) is 31.0 Å². The van der Waals surface area contributed by atoms with Gasteiger partial charge in [-0.1, -0.05) is 31.2 Å². The van der Waals surface area contributed by atoms with Gasteiger partial charge in [0, 0.05) is 13.1 Å². The molecule has 0 aliphatic carbocycles. The quantitative estimate of drug-likeness (QED) is 0.757. The second-order valence-corrected chi connectivity index (χ2v) is 4.43. The van der Waals surface area contributed by atoms with Gasteiger partial charge in [0.25, 0.3) is 0 Å². The van der Waals surface area contributed by atoms with E-state index in [4.69, 9.17) is 5.11 Å². The van der Waals surface area contributed by atoms with Crippen molar-refractivity contribution in [3.8, 4) is 0 Å². The van der Waals surface area contributed by atoms with Crippen molar-refractivity contribution in [1.29, 1.82) is 0 Å². The van der Waals surface area contributed by atoms with E-state index in [2.05, 4.69) is 19.1 Å². The van der Waals surface area contributed by atoms with Crippen LogP contribution in [0, 0.1) is 0 Å². The normalized spacial score (nSPS) is 13.0. The van der Waals surface area contributed by atoms with Crippen molar-refractivity contribution in [3.05, 3.63) is 35.4 Å². The highest BCUT2D eigenvalue weighted by atomic mass is 16.3. The van der Waals surface area contributed by atoms with Gasteiger partial charge in [0.2, 0.25) is 0 Å². The lowest BCUT2D eigenvalue weighted by molar-refractivity contribution is 0.141. The zero-order valence-corrected chi connectivity index (χ0v) is 10.8. The monoisotopic (exact) mass is 237 g/mol. The molecule has 0 saturated heterocycles. The first-order valence-corrected chi connectivity index (χ1v) is 6.23. The van der Waals surface area contributed by atoms with Gasteiger partial charge in [-0.15, -0.1) is 0 Å². The molecule has 0 aliphatic heterocycles. The Morgan fingerprint density at radius 2 is 1.82 bits per heavy atom. The smallest absolute Gasteiger partial charge is 0.0802 e. The van der Waals surface area contributed by atoms with E-state index >= 15 is 0 Å². The Kier molecular flexibility index (Phi) is 6.19. The highest BCUT2D eigenvalue weighted by Gasteiger charge is 2.08. The largest absolute Gasteiger partial charge is 0.395 e. The van der Waals surface area contributed by atoms with Crippen LogP contribution >= 0.6 is 0 Å². The summed E-state index contributed by atoms with van der Waals surface area (Å²) in [6.45, 7) is 3.73. The van der Waals surface area contributed by atoms with Crippen LogP contribution in [0.1, 0.15) is 30.6 Å². The molecule has 2 N–H and O–H groups in total. The number of likely N-dealkylation sites (N-methyl/N-ethyl adjacent to an activating group) is 1. The van der Waals surface area contributed by atoms with Gasteiger partial charge < -0.3 is 15.1 Å². The maximum absolute atomic E-state index is 10.0. The van der Waals surface area contributed by atoms with Gasteiger partial charge in [0.15, 0.2) is 0 Å². The number of hydrogen-bond acceptors (Lipinski definition) is 3. The lowest BCUT2D eigenvalue weighted by atomic mass is 10.0. The highest BCUT2D eigenvalue weighted by molar-refractivity contribution is 5.24. The molecule has 1 atom stereocenters. The number of aliphatic hydroxyl groups is 2. The molecule has 96 valence electrons. The molecule has 1 unspecified atom stereocenters. The number of hydrogen-bond donors (Lipinski definition) is 2. The van der Waals surface area contributed by atoms with Gasteiger partial charge in [-0.2, -0.15) is 0 Å². The van der Waals surface area contributed by atoms with E-state index in [1.807, 2.05) is 24.1 Å². The summed E-state index contributed by atoms with van der Waals surface area (Å²) < 4.78 is 0. The fraction of sp³-hybridized carbons (Fsp3) is 0.571. The van der Waals surface area contributed by atoms with Crippen molar-refractivity contribution >= 4 is 0 Å². The number of benzene rings is 1. The average molecular weight is 237 g/mol. The summed E-state index contributed by atoms with van der Waals surface area (Å²) in [5.74, 6) is 0. The van der Waals surface area contributed by atoms with Gasteiger partial charge in [0.05, 0.1) is 12.7 Å². The van der Waals surface area contributed by atoms with Crippen molar-refractivity contribution in [1.82, 2.24) is 4.90 Å². The third-order valence-electron chi connectivity index (χ3n) is 3.04. The van der Waals surface area contributed by atoms with Crippen LogP contribution in [0.4, 0.5) is 0 Å². The number of aliphatic hydroxyl groups excluding tert-OH is 2. The Bertz CT molecular complexity index is 311. The van der Waals surface area contributed by atoms with E-state index in [0.717, 1.165) is 18.5 Å². The second kappa shape index (κ2) is 7.43. The molecule has 0 spiro atoms. The topological polar surface area (TPSA) is 43.7 Å². The Morgan fingerprint density at radius 1 is 1.18 bits per heavy atom. The van der Waals surface area contributed by atoms with Crippen LogP contribution in [0.2, 0.25) is 0 Å². The van der Waals surface area contributed by atoms with Crippen LogP contribution in [-0.2, 0) is 6.42 Å². The molecule has 0 heterocycles. The van der Waals surface area contributed by atoms with E-state index in [0.29, 0.717) is 13.0 Å². The zero-order chi connectivity index (χ0) is 12.7. The first-order valence-electron chi connectivity index (χ1n) is 6.23. The SMILES string of the molecule is CCc1ccc(C(O)CCN(C)CCO)cc1. The molecule has 0 saturated carbocycles. The van der Waals surface area contributed by atoms with E-state index < -0.39 is 6.10 Å². The summed E-state index contributed by atoms with van der Waals surface area (Å²) in [5.41, 5.74) is 2.26. The molecule has 0 amide bonds. The second-order valence-electron chi connectivity index (χ2n) is 4.43. The Balaban J connectivity index is 2.43. The fourth-order valence-electron chi connectivity index (χ4n) is 1.77. The van der Waals surface area contributed by atoms with Gasteiger partial charge in [0.1, 0.15) is 0 Å². The van der Waals surface area contributed by atoms with Crippen LogP contribution in [-0.4, -0.2) is 41.9 Å². The van der Waals surface area contributed by atoms with Crippen LogP contribution in [0.5, 0.6) is 0 Å². The summed E-state index contributed by atoms with van der Waals surface area (Å²) in [5, 5.41) is 18.8. The fourth-order valence-corrected chi connectivity index (χ4v) is 1.77. The molecular formula is C14H23NO2. The third-order valence-corrected chi connectivity index (χ3v) is 3.04. The van der Waals surface area contributed by atoms with E-state index in [9.17, 15) is 5.11 Å². The minimum Gasteiger partial charge on any atom is -0.395 e. The highest BCUT2D eigenvalue weighted by Crippen LogP contribution is 2.17. The van der Waals surface area contributed by atoms with Crippen molar-refractivity contribution in [3.63, 3.8) is 0 Å². The summed E-state index contributed by atoms with van der Waals surface area (Å²) in [4.78, 5) is 2.02. The molecule has 1 aromatic rings. The van der Waals surface area contributed by atoms with Crippen molar-refractivity contribution in [2.75, 3.05) is 26.7 Å². The molecule has 1 rings (SSSR count).